The first-order valence-corrected chi connectivity index (χ1v) is 5.86. The van der Waals surface area contributed by atoms with Gasteiger partial charge in [-0.05, 0) is 29.8 Å². The molecule has 0 aromatic heterocycles. The molecular weight excluding hydrogens is 309 g/mol. The van der Waals surface area contributed by atoms with Crippen LogP contribution in [0, 0.1) is 17.5 Å². The average Bonchev–Trinajstić information content (AvgIpc) is 2.28. The van der Waals surface area contributed by atoms with Gasteiger partial charge in [0.05, 0.1) is 5.56 Å². The lowest BCUT2D eigenvalue weighted by Crippen LogP contribution is -2.06. The molecule has 94 valence electrons. The van der Waals surface area contributed by atoms with Crippen molar-refractivity contribution in [2.75, 3.05) is 0 Å². The largest absolute Gasteiger partial charge is 0.383 e. The Morgan fingerprint density at radius 2 is 1.44 bits per heavy atom. The Morgan fingerprint density at radius 3 is 1.94 bits per heavy atom. The Kier molecular flexibility index (Phi) is 3.73. The van der Waals surface area contributed by atoms with E-state index in [4.69, 9.17) is 0 Å². The van der Waals surface area contributed by atoms with Crippen molar-refractivity contribution in [3.8, 4) is 0 Å². The summed E-state index contributed by atoms with van der Waals surface area (Å²) in [5, 5.41) is 9.92. The van der Waals surface area contributed by atoms with Gasteiger partial charge in [-0.3, -0.25) is 0 Å². The van der Waals surface area contributed by atoms with Crippen LogP contribution < -0.4 is 0 Å². The van der Waals surface area contributed by atoms with Gasteiger partial charge in [0.25, 0.3) is 0 Å². The maximum Gasteiger partial charge on any atom is 0.133 e. The molecule has 2 aromatic carbocycles. The summed E-state index contributed by atoms with van der Waals surface area (Å²) in [6.45, 7) is 0. The molecule has 1 N–H and O–H groups in total. The number of hydrogen-bond acceptors (Lipinski definition) is 1. The Labute approximate surface area is 110 Å². The van der Waals surface area contributed by atoms with Crippen LogP contribution in [0.5, 0.6) is 0 Å². The summed E-state index contributed by atoms with van der Waals surface area (Å²) in [4.78, 5) is 0. The molecule has 0 aliphatic rings. The summed E-state index contributed by atoms with van der Waals surface area (Å²) in [6, 6.07) is 6.92. The SMILES string of the molecule is OC(c1ccc(F)cc1)c1c(F)cc(Br)cc1F. The standard InChI is InChI=1S/C13H8BrF3O/c14-8-5-10(16)12(11(17)6-8)13(18)7-1-3-9(15)4-2-7/h1-6,13,18H. The zero-order valence-electron chi connectivity index (χ0n) is 9.00. The molecule has 0 radical (unpaired) electrons. The molecule has 1 unspecified atom stereocenters. The lowest BCUT2D eigenvalue weighted by molar-refractivity contribution is 0.209. The van der Waals surface area contributed by atoms with Gasteiger partial charge in [0.2, 0.25) is 0 Å². The predicted molar refractivity (Wildman–Crippen MR) is 64.5 cm³/mol. The molecule has 0 heterocycles. The molecule has 0 amide bonds. The van der Waals surface area contributed by atoms with Gasteiger partial charge < -0.3 is 5.11 Å². The van der Waals surface area contributed by atoms with Crippen LogP contribution >= 0.6 is 15.9 Å². The average molecular weight is 317 g/mol. The van der Waals surface area contributed by atoms with E-state index in [1.165, 1.54) is 12.1 Å². The van der Waals surface area contributed by atoms with E-state index in [9.17, 15) is 18.3 Å². The predicted octanol–water partition coefficient (Wildman–Crippen LogP) is 3.95. The summed E-state index contributed by atoms with van der Waals surface area (Å²) in [5.41, 5.74) is -0.235. The van der Waals surface area contributed by atoms with Gasteiger partial charge in [-0.25, -0.2) is 13.2 Å². The van der Waals surface area contributed by atoms with E-state index in [2.05, 4.69) is 15.9 Å². The van der Waals surface area contributed by atoms with E-state index in [0.717, 1.165) is 24.3 Å². The number of hydrogen-bond donors (Lipinski definition) is 1. The quantitative estimate of drug-likeness (QED) is 0.889. The highest BCUT2D eigenvalue weighted by atomic mass is 79.9. The Morgan fingerprint density at radius 1 is 0.944 bits per heavy atom. The molecule has 1 nitrogen and oxygen atoms in total. The van der Waals surface area contributed by atoms with Gasteiger partial charge >= 0.3 is 0 Å². The maximum absolute atomic E-state index is 13.6. The Hall–Kier alpha value is -1.33. The summed E-state index contributed by atoms with van der Waals surface area (Å²) < 4.78 is 40.2. The summed E-state index contributed by atoms with van der Waals surface area (Å²) in [5.74, 6) is -2.21. The number of aliphatic hydroxyl groups excluding tert-OH is 1. The first-order chi connectivity index (χ1) is 8.49. The van der Waals surface area contributed by atoms with E-state index in [-0.39, 0.29) is 10.0 Å². The van der Waals surface area contributed by atoms with Crippen molar-refractivity contribution in [1.29, 1.82) is 0 Å². The van der Waals surface area contributed by atoms with E-state index >= 15 is 0 Å². The molecule has 0 saturated heterocycles. The molecule has 0 spiro atoms. The fourth-order valence-corrected chi connectivity index (χ4v) is 2.03. The first kappa shape index (κ1) is 13.1. The molecule has 5 heteroatoms. The van der Waals surface area contributed by atoms with Gasteiger partial charge in [0, 0.05) is 4.47 Å². The third-order valence-electron chi connectivity index (χ3n) is 2.50. The van der Waals surface area contributed by atoms with Crippen LogP contribution in [0.15, 0.2) is 40.9 Å². The third-order valence-corrected chi connectivity index (χ3v) is 2.96. The highest BCUT2D eigenvalue weighted by molar-refractivity contribution is 9.10. The normalized spacial score (nSPS) is 12.5. The van der Waals surface area contributed by atoms with Crippen molar-refractivity contribution in [1.82, 2.24) is 0 Å². The Balaban J connectivity index is 2.46. The maximum atomic E-state index is 13.6. The van der Waals surface area contributed by atoms with Crippen LogP contribution in [0.4, 0.5) is 13.2 Å². The van der Waals surface area contributed by atoms with Crippen molar-refractivity contribution in [3.05, 3.63) is 69.4 Å². The summed E-state index contributed by atoms with van der Waals surface area (Å²) in [7, 11) is 0. The molecule has 18 heavy (non-hydrogen) atoms. The second-order valence-electron chi connectivity index (χ2n) is 3.74. The fraction of sp³-hybridized carbons (Fsp3) is 0.0769. The van der Waals surface area contributed by atoms with Crippen molar-refractivity contribution in [3.63, 3.8) is 0 Å². The van der Waals surface area contributed by atoms with E-state index in [1.54, 1.807) is 0 Å². The highest BCUT2D eigenvalue weighted by Crippen LogP contribution is 2.29. The molecule has 0 saturated carbocycles. The minimum atomic E-state index is -1.47. The van der Waals surface area contributed by atoms with Crippen LogP contribution in [0.3, 0.4) is 0 Å². The minimum absolute atomic E-state index is 0.219. The van der Waals surface area contributed by atoms with Gasteiger partial charge in [-0.2, -0.15) is 0 Å². The topological polar surface area (TPSA) is 20.2 Å². The van der Waals surface area contributed by atoms with Crippen LogP contribution in [0.1, 0.15) is 17.2 Å². The third kappa shape index (κ3) is 2.57. The van der Waals surface area contributed by atoms with Crippen LogP contribution in [-0.2, 0) is 0 Å². The number of aliphatic hydroxyl groups is 1. The van der Waals surface area contributed by atoms with Gasteiger partial charge in [0.1, 0.15) is 23.6 Å². The number of benzene rings is 2. The molecule has 0 aliphatic heterocycles. The van der Waals surface area contributed by atoms with E-state index in [1.807, 2.05) is 0 Å². The lowest BCUT2D eigenvalue weighted by atomic mass is 10.0. The van der Waals surface area contributed by atoms with Crippen molar-refractivity contribution in [2.45, 2.75) is 6.10 Å². The summed E-state index contributed by atoms with van der Waals surface area (Å²) >= 11 is 2.95. The van der Waals surface area contributed by atoms with Crippen molar-refractivity contribution >= 4 is 15.9 Å². The van der Waals surface area contributed by atoms with Crippen LogP contribution in [0.2, 0.25) is 0 Å². The molecule has 0 aliphatic carbocycles. The lowest BCUT2D eigenvalue weighted by Gasteiger charge is -2.13. The monoisotopic (exact) mass is 316 g/mol. The zero-order chi connectivity index (χ0) is 13.3. The number of halogens is 4. The second-order valence-corrected chi connectivity index (χ2v) is 4.65. The van der Waals surface area contributed by atoms with Crippen molar-refractivity contribution < 1.29 is 18.3 Å². The minimum Gasteiger partial charge on any atom is -0.383 e. The van der Waals surface area contributed by atoms with E-state index in [0.29, 0.717) is 0 Å². The van der Waals surface area contributed by atoms with Gasteiger partial charge in [-0.1, -0.05) is 28.1 Å². The molecule has 2 rings (SSSR count). The molecule has 0 fully saturated rings. The first-order valence-electron chi connectivity index (χ1n) is 5.07. The smallest absolute Gasteiger partial charge is 0.133 e. The molecule has 1 atom stereocenters. The van der Waals surface area contributed by atoms with Crippen LogP contribution in [0.25, 0.3) is 0 Å². The van der Waals surface area contributed by atoms with Crippen molar-refractivity contribution in [2.24, 2.45) is 0 Å². The van der Waals surface area contributed by atoms with Crippen LogP contribution in [-0.4, -0.2) is 5.11 Å². The Bertz CT molecular complexity index is 546. The molecular formula is C13H8BrF3O. The second kappa shape index (κ2) is 5.12. The summed E-state index contributed by atoms with van der Waals surface area (Å²) in [6.07, 6.45) is -1.47. The van der Waals surface area contributed by atoms with E-state index < -0.39 is 29.1 Å². The van der Waals surface area contributed by atoms with Gasteiger partial charge in [0.15, 0.2) is 0 Å². The number of rotatable bonds is 2. The van der Waals surface area contributed by atoms with Gasteiger partial charge in [-0.15, -0.1) is 0 Å². The fourth-order valence-electron chi connectivity index (χ4n) is 1.63. The molecule has 2 aromatic rings. The zero-order valence-corrected chi connectivity index (χ0v) is 10.6. The highest BCUT2D eigenvalue weighted by Gasteiger charge is 2.20. The molecule has 0 bridgehead atoms.